The lowest BCUT2D eigenvalue weighted by Crippen LogP contribution is -2.24. The largest absolute Gasteiger partial charge is 0.492 e. The van der Waals surface area contributed by atoms with E-state index < -0.39 is 11.8 Å². The molecule has 0 spiro atoms. The van der Waals surface area contributed by atoms with Gasteiger partial charge in [-0.15, -0.1) is 0 Å². The molecule has 0 amide bonds. The van der Waals surface area contributed by atoms with Crippen LogP contribution in [0.1, 0.15) is 31.9 Å². The molecule has 146 valence electrons. The molecule has 0 aliphatic heterocycles. The van der Waals surface area contributed by atoms with Gasteiger partial charge in [0.1, 0.15) is 12.4 Å². The molecule has 0 saturated carbocycles. The van der Waals surface area contributed by atoms with Gasteiger partial charge in [-0.25, -0.2) is 0 Å². The van der Waals surface area contributed by atoms with Gasteiger partial charge in [-0.05, 0) is 67.0 Å². The van der Waals surface area contributed by atoms with Crippen LogP contribution in [0, 0.1) is 5.92 Å². The van der Waals surface area contributed by atoms with Crippen LogP contribution >= 0.6 is 27.5 Å². The van der Waals surface area contributed by atoms with Crippen molar-refractivity contribution in [1.82, 2.24) is 0 Å². The van der Waals surface area contributed by atoms with Crippen molar-refractivity contribution in [2.24, 2.45) is 5.92 Å². The van der Waals surface area contributed by atoms with E-state index in [0.717, 1.165) is 0 Å². The predicted molar refractivity (Wildman–Crippen MR) is 104 cm³/mol. The molecule has 2 aromatic rings. The Balaban J connectivity index is 2.11. The van der Waals surface area contributed by atoms with Gasteiger partial charge < -0.3 is 9.47 Å². The molecule has 0 N–H and O–H groups in total. The number of hydrogen-bond acceptors (Lipinski definition) is 3. The van der Waals surface area contributed by atoms with E-state index in [9.17, 15) is 13.6 Å². The maximum atomic E-state index is 14.7. The summed E-state index contributed by atoms with van der Waals surface area (Å²) in [5.41, 5.74) is -0.339. The van der Waals surface area contributed by atoms with Crippen molar-refractivity contribution in [3.05, 3.63) is 63.1 Å². The molecule has 0 aliphatic rings. The lowest BCUT2D eigenvalue weighted by atomic mass is 10.0. The average Bonchev–Trinajstić information content (AvgIpc) is 2.60. The van der Waals surface area contributed by atoms with Crippen LogP contribution in [-0.2, 0) is 15.5 Å². The number of rotatable bonds is 7. The number of benzene rings is 2. The Kier molecular flexibility index (Phi) is 7.23. The summed E-state index contributed by atoms with van der Waals surface area (Å²) in [5.74, 6) is -3.66. The van der Waals surface area contributed by atoms with Crippen LogP contribution in [-0.4, -0.2) is 18.7 Å². The van der Waals surface area contributed by atoms with Gasteiger partial charge in [-0.2, -0.15) is 8.78 Å². The Morgan fingerprint density at radius 1 is 1.11 bits per heavy atom. The van der Waals surface area contributed by atoms with E-state index in [2.05, 4.69) is 15.9 Å². The van der Waals surface area contributed by atoms with Crippen LogP contribution in [0.2, 0.25) is 5.02 Å². The van der Waals surface area contributed by atoms with Gasteiger partial charge in [0.05, 0.1) is 16.5 Å². The van der Waals surface area contributed by atoms with Gasteiger partial charge in [0.25, 0.3) is 5.92 Å². The Bertz CT molecular complexity index is 794. The van der Waals surface area contributed by atoms with E-state index in [4.69, 9.17) is 21.1 Å². The molecule has 3 nitrogen and oxygen atoms in total. The minimum Gasteiger partial charge on any atom is -0.492 e. The Morgan fingerprint density at radius 2 is 1.70 bits per heavy atom. The van der Waals surface area contributed by atoms with E-state index in [0.29, 0.717) is 15.2 Å². The van der Waals surface area contributed by atoms with Gasteiger partial charge >= 0.3 is 5.97 Å². The van der Waals surface area contributed by atoms with Gasteiger partial charge in [0.2, 0.25) is 0 Å². The summed E-state index contributed by atoms with van der Waals surface area (Å²) in [4.78, 5) is 11.8. The molecular formula is C20H20BrClF2O3. The van der Waals surface area contributed by atoms with Gasteiger partial charge in [0.15, 0.2) is 0 Å². The van der Waals surface area contributed by atoms with Crippen molar-refractivity contribution in [3.8, 4) is 5.75 Å². The fourth-order valence-corrected chi connectivity index (χ4v) is 2.89. The van der Waals surface area contributed by atoms with E-state index in [1.54, 1.807) is 20.8 Å². The summed E-state index contributed by atoms with van der Waals surface area (Å²) < 4.78 is 40.5. The molecule has 2 rings (SSSR count). The van der Waals surface area contributed by atoms with Crippen LogP contribution in [0.15, 0.2) is 46.9 Å². The number of ether oxygens (including phenoxy) is 2. The summed E-state index contributed by atoms with van der Waals surface area (Å²) in [5, 5.41) is 0.393. The second-order valence-corrected chi connectivity index (χ2v) is 7.71. The standard InChI is InChI=1S/C20H20BrClF2O3/c1-12(2)27-19(25)13(3)11-26-18-9-6-15(10-17(18)21)20(23,24)14-4-7-16(22)8-5-14/h4-10,12-13H,11H2,1-3H3. The minimum atomic E-state index is -3.18. The summed E-state index contributed by atoms with van der Waals surface area (Å²) >= 11 is 9.02. The van der Waals surface area contributed by atoms with Crippen molar-refractivity contribution in [1.29, 1.82) is 0 Å². The summed E-state index contributed by atoms with van der Waals surface area (Å²) in [6, 6.07) is 9.49. The van der Waals surface area contributed by atoms with E-state index in [-0.39, 0.29) is 29.8 Å². The lowest BCUT2D eigenvalue weighted by molar-refractivity contribution is -0.152. The van der Waals surface area contributed by atoms with Crippen molar-refractivity contribution in [2.45, 2.75) is 32.8 Å². The molecule has 1 atom stereocenters. The monoisotopic (exact) mass is 460 g/mol. The molecule has 0 radical (unpaired) electrons. The second kappa shape index (κ2) is 9.02. The number of carbonyl (C=O) groups is 1. The van der Waals surface area contributed by atoms with Crippen molar-refractivity contribution < 1.29 is 23.0 Å². The zero-order chi connectivity index (χ0) is 20.2. The molecular weight excluding hydrogens is 442 g/mol. The van der Waals surface area contributed by atoms with Crippen LogP contribution in [0.25, 0.3) is 0 Å². The van der Waals surface area contributed by atoms with Crippen LogP contribution < -0.4 is 4.74 Å². The zero-order valence-corrected chi connectivity index (χ0v) is 17.5. The number of alkyl halides is 2. The maximum Gasteiger partial charge on any atom is 0.312 e. The Morgan fingerprint density at radius 3 is 2.26 bits per heavy atom. The van der Waals surface area contributed by atoms with Crippen LogP contribution in [0.4, 0.5) is 8.78 Å². The topological polar surface area (TPSA) is 35.5 Å². The highest BCUT2D eigenvalue weighted by molar-refractivity contribution is 9.10. The molecule has 0 aliphatic carbocycles. The third-order valence-corrected chi connectivity index (χ3v) is 4.62. The van der Waals surface area contributed by atoms with E-state index in [1.165, 1.54) is 42.5 Å². The molecule has 1 unspecified atom stereocenters. The third kappa shape index (κ3) is 5.66. The first kappa shape index (κ1) is 21.6. The molecule has 0 saturated heterocycles. The molecule has 2 aromatic carbocycles. The zero-order valence-electron chi connectivity index (χ0n) is 15.1. The first-order valence-corrected chi connectivity index (χ1v) is 9.55. The number of esters is 1. The highest BCUT2D eigenvalue weighted by Gasteiger charge is 2.34. The highest BCUT2D eigenvalue weighted by atomic mass is 79.9. The molecule has 0 bridgehead atoms. The lowest BCUT2D eigenvalue weighted by Gasteiger charge is -2.19. The molecule has 0 fully saturated rings. The van der Waals surface area contributed by atoms with E-state index in [1.807, 2.05) is 0 Å². The highest BCUT2D eigenvalue weighted by Crippen LogP contribution is 2.39. The second-order valence-electron chi connectivity index (χ2n) is 6.42. The van der Waals surface area contributed by atoms with Crippen molar-refractivity contribution in [2.75, 3.05) is 6.61 Å². The maximum absolute atomic E-state index is 14.7. The normalized spacial score (nSPS) is 12.7. The fraction of sp³-hybridized carbons (Fsp3) is 0.350. The first-order valence-electron chi connectivity index (χ1n) is 8.38. The predicted octanol–water partition coefficient (Wildman–Crippen LogP) is 6.21. The number of hydrogen-bond donors (Lipinski definition) is 0. The van der Waals surface area contributed by atoms with Gasteiger partial charge in [0, 0.05) is 16.1 Å². The quantitative estimate of drug-likeness (QED) is 0.460. The van der Waals surface area contributed by atoms with Crippen molar-refractivity contribution >= 4 is 33.5 Å². The van der Waals surface area contributed by atoms with Gasteiger partial charge in [-0.1, -0.05) is 23.7 Å². The first-order chi connectivity index (χ1) is 12.6. The molecule has 27 heavy (non-hydrogen) atoms. The molecule has 0 aromatic heterocycles. The average molecular weight is 462 g/mol. The number of halogens is 4. The SMILES string of the molecule is CC(C)OC(=O)C(C)COc1ccc(C(F)(F)c2ccc(Cl)cc2)cc1Br. The fourth-order valence-electron chi connectivity index (χ4n) is 2.27. The summed E-state index contributed by atoms with van der Waals surface area (Å²) in [6.45, 7) is 5.29. The minimum absolute atomic E-state index is 0.0804. The number of carbonyl (C=O) groups excluding carboxylic acids is 1. The van der Waals surface area contributed by atoms with Crippen LogP contribution in [0.3, 0.4) is 0 Å². The van der Waals surface area contributed by atoms with Crippen molar-refractivity contribution in [3.63, 3.8) is 0 Å². The molecule has 0 heterocycles. The summed E-state index contributed by atoms with van der Waals surface area (Å²) in [6.07, 6.45) is -0.207. The Labute approximate surface area is 170 Å². The van der Waals surface area contributed by atoms with Crippen LogP contribution in [0.5, 0.6) is 5.75 Å². The van der Waals surface area contributed by atoms with Gasteiger partial charge in [-0.3, -0.25) is 4.79 Å². The molecule has 7 heteroatoms. The van der Waals surface area contributed by atoms with E-state index >= 15 is 0 Å². The Hall–Kier alpha value is -1.66. The smallest absolute Gasteiger partial charge is 0.312 e. The third-order valence-electron chi connectivity index (χ3n) is 3.74. The summed E-state index contributed by atoms with van der Waals surface area (Å²) in [7, 11) is 0.